The number of hydrogen-bond acceptors (Lipinski definition) is 3. The molecule has 1 aromatic carbocycles. The Hall–Kier alpha value is -1.48. The van der Waals surface area contributed by atoms with Crippen molar-refractivity contribution in [1.29, 1.82) is 0 Å². The van der Waals surface area contributed by atoms with Crippen molar-refractivity contribution in [3.05, 3.63) is 30.0 Å². The third kappa shape index (κ3) is 2.03. The smallest absolute Gasteiger partial charge is 0.137 e. The zero-order chi connectivity index (χ0) is 11.7. The Morgan fingerprint density at radius 3 is 2.82 bits per heavy atom. The molecule has 0 bridgehead atoms. The molecule has 1 aromatic heterocycles. The number of rotatable bonds is 2. The van der Waals surface area contributed by atoms with Crippen LogP contribution in [0.25, 0.3) is 11.0 Å². The van der Waals surface area contributed by atoms with Crippen LogP contribution < -0.4 is 0 Å². The van der Waals surface area contributed by atoms with E-state index in [1.807, 2.05) is 12.1 Å². The molecule has 2 heterocycles. The fourth-order valence-electron chi connectivity index (χ4n) is 2.61. The molecule has 90 valence electrons. The molecule has 1 aliphatic rings. The van der Waals surface area contributed by atoms with Crippen molar-refractivity contribution in [2.45, 2.75) is 25.8 Å². The second-order valence-corrected chi connectivity index (χ2v) is 4.75. The summed E-state index contributed by atoms with van der Waals surface area (Å²) >= 11 is 0. The number of fused-ring (bicyclic) bond motifs is 1. The monoisotopic (exact) mass is 231 g/mol. The molecule has 17 heavy (non-hydrogen) atoms. The quantitative estimate of drug-likeness (QED) is 0.862. The van der Waals surface area contributed by atoms with Gasteiger partial charge in [-0.3, -0.25) is 4.90 Å². The van der Waals surface area contributed by atoms with Gasteiger partial charge in [0.25, 0.3) is 0 Å². The predicted octanol–water partition coefficient (Wildman–Crippen LogP) is 3.12. The van der Waals surface area contributed by atoms with Gasteiger partial charge in [0.1, 0.15) is 11.3 Å². The van der Waals surface area contributed by atoms with Crippen LogP contribution in [0.5, 0.6) is 5.75 Å². The summed E-state index contributed by atoms with van der Waals surface area (Å²) in [6.45, 7) is 3.19. The first-order chi connectivity index (χ1) is 8.34. The molecule has 0 radical (unpaired) electrons. The molecular formula is C14H17NO2. The SMILES string of the molecule is Oc1cccc2occ(CN3CCCCC3)c12. The van der Waals surface area contributed by atoms with Crippen LogP contribution in [0, 0.1) is 0 Å². The van der Waals surface area contributed by atoms with Gasteiger partial charge in [-0.1, -0.05) is 12.5 Å². The highest BCUT2D eigenvalue weighted by Gasteiger charge is 2.15. The number of phenols is 1. The van der Waals surface area contributed by atoms with Crippen molar-refractivity contribution < 1.29 is 9.52 Å². The number of nitrogens with zero attached hydrogens (tertiary/aromatic N) is 1. The van der Waals surface area contributed by atoms with Crippen LogP contribution in [0.1, 0.15) is 24.8 Å². The number of benzene rings is 1. The Bertz CT molecular complexity index is 512. The van der Waals surface area contributed by atoms with Crippen molar-refractivity contribution in [2.75, 3.05) is 13.1 Å². The molecule has 0 atom stereocenters. The first-order valence-corrected chi connectivity index (χ1v) is 6.25. The molecule has 3 nitrogen and oxygen atoms in total. The first-order valence-electron chi connectivity index (χ1n) is 6.25. The first kappa shape index (κ1) is 10.7. The average Bonchev–Trinajstić information content (AvgIpc) is 2.75. The molecule has 3 heteroatoms. The Morgan fingerprint density at radius 2 is 2.00 bits per heavy atom. The van der Waals surface area contributed by atoms with Crippen molar-refractivity contribution in [2.24, 2.45) is 0 Å². The molecule has 1 fully saturated rings. The van der Waals surface area contributed by atoms with Gasteiger partial charge in [-0.25, -0.2) is 0 Å². The highest BCUT2D eigenvalue weighted by atomic mass is 16.3. The van der Waals surface area contributed by atoms with Gasteiger partial charge in [0, 0.05) is 12.1 Å². The molecule has 0 spiro atoms. The number of piperidine rings is 1. The molecule has 0 unspecified atom stereocenters. The Morgan fingerprint density at radius 1 is 1.18 bits per heavy atom. The van der Waals surface area contributed by atoms with E-state index < -0.39 is 0 Å². The summed E-state index contributed by atoms with van der Waals surface area (Å²) in [7, 11) is 0. The van der Waals surface area contributed by atoms with Crippen LogP contribution in [-0.2, 0) is 6.54 Å². The third-order valence-electron chi connectivity index (χ3n) is 3.50. The van der Waals surface area contributed by atoms with E-state index in [0.717, 1.165) is 36.2 Å². The lowest BCUT2D eigenvalue weighted by Crippen LogP contribution is -2.28. The lowest BCUT2D eigenvalue weighted by molar-refractivity contribution is 0.221. The van der Waals surface area contributed by atoms with Crippen molar-refractivity contribution in [3.63, 3.8) is 0 Å². The Labute approximate surface area is 101 Å². The molecule has 1 saturated heterocycles. The molecule has 2 aromatic rings. The van der Waals surface area contributed by atoms with Crippen LogP contribution in [0.15, 0.2) is 28.9 Å². The maximum absolute atomic E-state index is 9.89. The number of hydrogen-bond donors (Lipinski definition) is 1. The normalized spacial score (nSPS) is 17.6. The van der Waals surface area contributed by atoms with Crippen LogP contribution in [0.2, 0.25) is 0 Å². The molecular weight excluding hydrogens is 214 g/mol. The molecule has 0 amide bonds. The predicted molar refractivity (Wildman–Crippen MR) is 67.0 cm³/mol. The van der Waals surface area contributed by atoms with Gasteiger partial charge in [-0.2, -0.15) is 0 Å². The number of likely N-dealkylation sites (tertiary alicyclic amines) is 1. The summed E-state index contributed by atoms with van der Waals surface area (Å²) in [6.07, 6.45) is 5.68. The standard InChI is InChI=1S/C14H17NO2/c16-12-5-4-6-13-14(12)11(10-17-13)9-15-7-2-1-3-8-15/h4-6,10,16H,1-3,7-9H2. The van der Waals surface area contributed by atoms with E-state index in [1.165, 1.54) is 19.3 Å². The average molecular weight is 231 g/mol. The van der Waals surface area contributed by atoms with E-state index in [2.05, 4.69) is 4.90 Å². The van der Waals surface area contributed by atoms with Crippen LogP contribution in [-0.4, -0.2) is 23.1 Å². The van der Waals surface area contributed by atoms with E-state index >= 15 is 0 Å². The fourth-order valence-corrected chi connectivity index (χ4v) is 2.61. The molecule has 0 saturated carbocycles. The van der Waals surface area contributed by atoms with Crippen LogP contribution in [0.3, 0.4) is 0 Å². The Kier molecular flexibility index (Phi) is 2.77. The van der Waals surface area contributed by atoms with Crippen molar-refractivity contribution in [1.82, 2.24) is 4.90 Å². The van der Waals surface area contributed by atoms with Gasteiger partial charge in [0.15, 0.2) is 0 Å². The van der Waals surface area contributed by atoms with Crippen LogP contribution in [0.4, 0.5) is 0 Å². The zero-order valence-electron chi connectivity index (χ0n) is 9.85. The zero-order valence-corrected chi connectivity index (χ0v) is 9.85. The fraction of sp³-hybridized carbons (Fsp3) is 0.429. The van der Waals surface area contributed by atoms with E-state index in [1.54, 1.807) is 12.3 Å². The molecule has 3 rings (SSSR count). The van der Waals surface area contributed by atoms with E-state index in [4.69, 9.17) is 4.42 Å². The van der Waals surface area contributed by atoms with Crippen LogP contribution >= 0.6 is 0 Å². The number of furan rings is 1. The van der Waals surface area contributed by atoms with Crippen molar-refractivity contribution in [3.8, 4) is 5.75 Å². The minimum atomic E-state index is 0.322. The summed E-state index contributed by atoms with van der Waals surface area (Å²) in [4.78, 5) is 2.43. The van der Waals surface area contributed by atoms with E-state index in [0.29, 0.717) is 5.75 Å². The largest absolute Gasteiger partial charge is 0.507 e. The van der Waals surface area contributed by atoms with E-state index in [-0.39, 0.29) is 0 Å². The lowest BCUT2D eigenvalue weighted by Gasteiger charge is -2.25. The maximum atomic E-state index is 9.89. The van der Waals surface area contributed by atoms with Gasteiger partial charge in [-0.05, 0) is 38.1 Å². The molecule has 1 N–H and O–H groups in total. The summed E-state index contributed by atoms with van der Waals surface area (Å²) in [5, 5.41) is 10.8. The van der Waals surface area contributed by atoms with Gasteiger partial charge in [-0.15, -0.1) is 0 Å². The second-order valence-electron chi connectivity index (χ2n) is 4.75. The summed E-state index contributed by atoms with van der Waals surface area (Å²) in [5.74, 6) is 0.322. The van der Waals surface area contributed by atoms with Gasteiger partial charge < -0.3 is 9.52 Å². The lowest BCUT2D eigenvalue weighted by atomic mass is 10.1. The minimum absolute atomic E-state index is 0.322. The number of phenolic OH excluding ortho intramolecular Hbond substituents is 1. The van der Waals surface area contributed by atoms with Gasteiger partial charge >= 0.3 is 0 Å². The van der Waals surface area contributed by atoms with Gasteiger partial charge in [0.2, 0.25) is 0 Å². The summed E-state index contributed by atoms with van der Waals surface area (Å²) in [6, 6.07) is 5.43. The number of aromatic hydroxyl groups is 1. The third-order valence-corrected chi connectivity index (χ3v) is 3.50. The highest BCUT2D eigenvalue weighted by Crippen LogP contribution is 2.30. The minimum Gasteiger partial charge on any atom is -0.507 e. The highest BCUT2D eigenvalue weighted by molar-refractivity contribution is 5.87. The second kappa shape index (κ2) is 4.41. The summed E-state index contributed by atoms with van der Waals surface area (Å²) in [5.41, 5.74) is 1.87. The van der Waals surface area contributed by atoms with Crippen molar-refractivity contribution >= 4 is 11.0 Å². The molecule has 1 aliphatic heterocycles. The van der Waals surface area contributed by atoms with Gasteiger partial charge in [0.05, 0.1) is 11.6 Å². The van der Waals surface area contributed by atoms with E-state index in [9.17, 15) is 5.11 Å². The molecule has 0 aliphatic carbocycles. The Balaban J connectivity index is 1.89. The topological polar surface area (TPSA) is 36.6 Å². The summed E-state index contributed by atoms with van der Waals surface area (Å²) < 4.78 is 5.48. The maximum Gasteiger partial charge on any atom is 0.137 e.